The molecule has 0 saturated carbocycles. The van der Waals surface area contributed by atoms with E-state index in [-0.39, 0.29) is 10.8 Å². The first-order chi connectivity index (χ1) is 9.32. The zero-order chi connectivity index (χ0) is 15.0. The van der Waals surface area contributed by atoms with Crippen LogP contribution in [0.1, 0.15) is 10.5 Å². The molecule has 0 unspecified atom stereocenters. The Kier molecular flexibility index (Phi) is 3.57. The first-order valence-corrected chi connectivity index (χ1v) is 5.74. The Morgan fingerprint density at radius 1 is 1.05 bits per heavy atom. The van der Waals surface area contributed by atoms with E-state index in [9.17, 15) is 26.7 Å². The van der Waals surface area contributed by atoms with Crippen molar-refractivity contribution in [2.45, 2.75) is 0 Å². The van der Waals surface area contributed by atoms with Gasteiger partial charge >= 0.3 is 0 Å². The van der Waals surface area contributed by atoms with Gasteiger partial charge in [-0.3, -0.25) is 4.79 Å². The summed E-state index contributed by atoms with van der Waals surface area (Å²) in [6.07, 6.45) is 0. The number of aromatic nitrogens is 1. The van der Waals surface area contributed by atoms with Gasteiger partial charge in [-0.05, 0) is 0 Å². The van der Waals surface area contributed by atoms with Crippen molar-refractivity contribution in [3.8, 4) is 0 Å². The number of carbonyl (C=O) groups is 1. The summed E-state index contributed by atoms with van der Waals surface area (Å²) in [7, 11) is 0. The zero-order valence-electron chi connectivity index (χ0n) is 9.31. The van der Waals surface area contributed by atoms with Crippen molar-refractivity contribution >= 4 is 28.1 Å². The van der Waals surface area contributed by atoms with E-state index in [2.05, 4.69) is 4.98 Å². The van der Waals surface area contributed by atoms with Gasteiger partial charge in [0.1, 0.15) is 11.4 Å². The number of anilines is 2. The molecule has 1 amide bonds. The Bertz CT molecular complexity index is 673. The van der Waals surface area contributed by atoms with Crippen molar-refractivity contribution in [1.82, 2.24) is 4.98 Å². The highest BCUT2D eigenvalue weighted by Gasteiger charge is 2.27. The van der Waals surface area contributed by atoms with Crippen molar-refractivity contribution in [1.29, 1.82) is 0 Å². The molecule has 3 N–H and O–H groups in total. The molecule has 10 heteroatoms. The molecule has 2 rings (SSSR count). The predicted octanol–water partition coefficient (Wildman–Crippen LogP) is 2.67. The van der Waals surface area contributed by atoms with Gasteiger partial charge in [0.25, 0.3) is 5.91 Å². The molecule has 0 aliphatic heterocycles. The molecular formula is C10H4F5N3OS. The highest BCUT2D eigenvalue weighted by Crippen LogP contribution is 2.27. The fourth-order valence-corrected chi connectivity index (χ4v) is 1.83. The maximum Gasteiger partial charge on any atom is 0.275 e. The number of thiazole rings is 1. The third-order valence-electron chi connectivity index (χ3n) is 2.20. The van der Waals surface area contributed by atoms with Crippen molar-refractivity contribution in [3.05, 3.63) is 40.2 Å². The van der Waals surface area contributed by atoms with Crippen LogP contribution in [0.2, 0.25) is 0 Å². The van der Waals surface area contributed by atoms with E-state index >= 15 is 0 Å². The first kappa shape index (κ1) is 14.2. The standard InChI is InChI=1S/C10H4F5N3OS/c11-3-4(12)6(14)8(7(15)5(3)13)18-9(19)2-1-20-10(16)17-2/h1H,(H2,16,17)(H,18,19). The molecule has 0 radical (unpaired) electrons. The van der Waals surface area contributed by atoms with E-state index in [4.69, 9.17) is 5.73 Å². The Hall–Kier alpha value is -2.23. The fraction of sp³-hybridized carbons (Fsp3) is 0. The van der Waals surface area contributed by atoms with Crippen LogP contribution < -0.4 is 11.1 Å². The van der Waals surface area contributed by atoms with Crippen LogP contribution in [0.5, 0.6) is 0 Å². The van der Waals surface area contributed by atoms with Gasteiger partial charge in [-0.2, -0.15) is 0 Å². The van der Waals surface area contributed by atoms with Crippen LogP contribution in [0.3, 0.4) is 0 Å². The van der Waals surface area contributed by atoms with E-state index < -0.39 is 40.7 Å². The summed E-state index contributed by atoms with van der Waals surface area (Å²) in [4.78, 5) is 15.1. The Morgan fingerprint density at radius 3 is 2.00 bits per heavy atom. The average Bonchev–Trinajstić information content (AvgIpc) is 2.85. The molecule has 106 valence electrons. The minimum Gasteiger partial charge on any atom is -0.375 e. The Morgan fingerprint density at radius 2 is 1.55 bits per heavy atom. The number of halogens is 5. The molecule has 1 aromatic carbocycles. The Labute approximate surface area is 112 Å². The zero-order valence-corrected chi connectivity index (χ0v) is 10.1. The van der Waals surface area contributed by atoms with Gasteiger partial charge in [0.15, 0.2) is 28.4 Å². The van der Waals surface area contributed by atoms with Gasteiger partial charge in [0.05, 0.1) is 0 Å². The number of hydrogen-bond acceptors (Lipinski definition) is 4. The molecule has 20 heavy (non-hydrogen) atoms. The minimum atomic E-state index is -2.31. The first-order valence-electron chi connectivity index (χ1n) is 4.86. The number of nitrogens with zero attached hydrogens (tertiary/aromatic N) is 1. The molecule has 0 bridgehead atoms. The van der Waals surface area contributed by atoms with Crippen LogP contribution in [0, 0.1) is 29.1 Å². The number of carbonyl (C=O) groups excluding carboxylic acids is 1. The summed E-state index contributed by atoms with van der Waals surface area (Å²) in [5.41, 5.74) is 3.49. The van der Waals surface area contributed by atoms with Crippen molar-refractivity contribution in [3.63, 3.8) is 0 Å². The molecule has 0 aliphatic rings. The number of amides is 1. The molecule has 0 saturated heterocycles. The van der Waals surface area contributed by atoms with Crippen LogP contribution in [-0.2, 0) is 0 Å². The normalized spacial score (nSPS) is 10.7. The molecule has 1 heterocycles. The molecular weight excluding hydrogens is 305 g/mol. The smallest absolute Gasteiger partial charge is 0.275 e. The lowest BCUT2D eigenvalue weighted by Gasteiger charge is -2.08. The number of benzene rings is 1. The fourth-order valence-electron chi connectivity index (χ4n) is 1.28. The summed E-state index contributed by atoms with van der Waals surface area (Å²) < 4.78 is 65.2. The summed E-state index contributed by atoms with van der Waals surface area (Å²) in [6, 6.07) is 0. The average molecular weight is 309 g/mol. The van der Waals surface area contributed by atoms with Gasteiger partial charge in [-0.1, -0.05) is 0 Å². The summed E-state index contributed by atoms with van der Waals surface area (Å²) in [5.74, 6) is -12.1. The largest absolute Gasteiger partial charge is 0.375 e. The lowest BCUT2D eigenvalue weighted by molar-refractivity contribution is 0.102. The topological polar surface area (TPSA) is 68.0 Å². The van der Waals surface area contributed by atoms with E-state index in [0.29, 0.717) is 0 Å². The van der Waals surface area contributed by atoms with Crippen molar-refractivity contribution < 1.29 is 26.7 Å². The van der Waals surface area contributed by atoms with Crippen LogP contribution in [0.25, 0.3) is 0 Å². The maximum absolute atomic E-state index is 13.3. The molecule has 0 spiro atoms. The van der Waals surface area contributed by atoms with Gasteiger partial charge in [0.2, 0.25) is 5.82 Å². The molecule has 0 fully saturated rings. The highest BCUT2D eigenvalue weighted by atomic mass is 32.1. The molecule has 2 aromatic rings. The quantitative estimate of drug-likeness (QED) is 0.509. The Balaban J connectivity index is 2.42. The maximum atomic E-state index is 13.3. The summed E-state index contributed by atoms with van der Waals surface area (Å²) >= 11 is 0.871. The number of rotatable bonds is 2. The van der Waals surface area contributed by atoms with Crippen LogP contribution in [0.4, 0.5) is 32.8 Å². The lowest BCUT2D eigenvalue weighted by Crippen LogP contribution is -2.17. The number of nitrogen functional groups attached to an aromatic ring is 1. The molecule has 0 aliphatic carbocycles. The number of nitrogens with one attached hydrogen (secondary N) is 1. The predicted molar refractivity (Wildman–Crippen MR) is 60.7 cm³/mol. The van der Waals surface area contributed by atoms with Crippen molar-refractivity contribution in [2.75, 3.05) is 11.1 Å². The number of hydrogen-bond donors (Lipinski definition) is 2. The molecule has 0 atom stereocenters. The SMILES string of the molecule is Nc1nc(C(=O)Nc2c(F)c(F)c(F)c(F)c2F)cs1. The van der Waals surface area contributed by atoms with Crippen LogP contribution in [-0.4, -0.2) is 10.9 Å². The highest BCUT2D eigenvalue weighted by molar-refractivity contribution is 7.13. The summed E-state index contributed by atoms with van der Waals surface area (Å²) in [5, 5.41) is 2.74. The second-order valence-electron chi connectivity index (χ2n) is 3.47. The van der Waals surface area contributed by atoms with E-state index in [1.165, 1.54) is 0 Å². The molecule has 1 aromatic heterocycles. The second kappa shape index (κ2) is 5.04. The van der Waals surface area contributed by atoms with Gasteiger partial charge in [-0.25, -0.2) is 26.9 Å². The van der Waals surface area contributed by atoms with Gasteiger partial charge in [0, 0.05) is 5.38 Å². The van der Waals surface area contributed by atoms with Gasteiger partial charge < -0.3 is 11.1 Å². The van der Waals surface area contributed by atoms with E-state index in [0.717, 1.165) is 16.7 Å². The van der Waals surface area contributed by atoms with Gasteiger partial charge in [-0.15, -0.1) is 11.3 Å². The van der Waals surface area contributed by atoms with Crippen LogP contribution in [0.15, 0.2) is 5.38 Å². The van der Waals surface area contributed by atoms with Crippen LogP contribution >= 0.6 is 11.3 Å². The van der Waals surface area contributed by atoms with E-state index in [1.54, 1.807) is 5.32 Å². The third-order valence-corrected chi connectivity index (χ3v) is 2.88. The monoisotopic (exact) mass is 309 g/mol. The van der Waals surface area contributed by atoms with E-state index in [1.807, 2.05) is 0 Å². The third kappa shape index (κ3) is 2.29. The number of nitrogens with two attached hydrogens (primary N) is 1. The van der Waals surface area contributed by atoms with Crippen molar-refractivity contribution in [2.24, 2.45) is 0 Å². The second-order valence-corrected chi connectivity index (χ2v) is 4.36. The summed E-state index contributed by atoms with van der Waals surface area (Å²) in [6.45, 7) is 0. The lowest BCUT2D eigenvalue weighted by atomic mass is 10.2. The minimum absolute atomic E-state index is 0.00700. The molecule has 4 nitrogen and oxygen atoms in total.